The largest absolute Gasteiger partial charge is 0.394 e. The number of ether oxygens (including phenoxy) is 1. The lowest BCUT2D eigenvalue weighted by Gasteiger charge is -2.15. The molecule has 4 aromatic rings. The number of benzene rings is 1. The number of nitrogens with one attached hydrogen (secondary N) is 1. The second kappa shape index (κ2) is 9.14. The van der Waals surface area contributed by atoms with Gasteiger partial charge in [-0.3, -0.25) is 24.3 Å². The van der Waals surface area contributed by atoms with Crippen molar-refractivity contribution in [1.82, 2.24) is 19.5 Å². The highest BCUT2D eigenvalue weighted by Gasteiger charge is 2.35. The van der Waals surface area contributed by atoms with Gasteiger partial charge in [-0.2, -0.15) is 0 Å². The molecule has 4 heterocycles. The summed E-state index contributed by atoms with van der Waals surface area (Å²) in [6, 6.07) is 16.9. The number of aromatic amines is 1. The Kier molecular flexibility index (Phi) is 5.89. The summed E-state index contributed by atoms with van der Waals surface area (Å²) in [5, 5.41) is 19.3. The van der Waals surface area contributed by atoms with E-state index in [2.05, 4.69) is 15.0 Å². The molecular weight excluding hydrogens is 436 g/mol. The van der Waals surface area contributed by atoms with Crippen molar-refractivity contribution in [2.75, 3.05) is 6.61 Å². The predicted molar refractivity (Wildman–Crippen MR) is 125 cm³/mol. The van der Waals surface area contributed by atoms with Gasteiger partial charge >= 0.3 is 5.69 Å². The van der Waals surface area contributed by atoms with Crippen LogP contribution in [-0.4, -0.2) is 48.5 Å². The minimum atomic E-state index is -0.894. The Morgan fingerprint density at radius 3 is 2.35 bits per heavy atom. The van der Waals surface area contributed by atoms with Crippen LogP contribution in [-0.2, 0) is 4.74 Å². The summed E-state index contributed by atoms with van der Waals surface area (Å²) in [7, 11) is 0. The molecule has 9 heteroatoms. The van der Waals surface area contributed by atoms with E-state index in [0.29, 0.717) is 11.1 Å². The normalized spacial score (nSPS) is 19.9. The number of hydrogen-bond acceptors (Lipinski definition) is 7. The summed E-state index contributed by atoms with van der Waals surface area (Å²) in [6.45, 7) is -0.359. The van der Waals surface area contributed by atoms with E-state index in [9.17, 15) is 19.8 Å². The molecule has 0 saturated carbocycles. The van der Waals surface area contributed by atoms with Crippen molar-refractivity contribution >= 4 is 0 Å². The van der Waals surface area contributed by atoms with Crippen molar-refractivity contribution < 1.29 is 14.9 Å². The van der Waals surface area contributed by atoms with Gasteiger partial charge in [-0.25, -0.2) is 4.79 Å². The van der Waals surface area contributed by atoms with Crippen molar-refractivity contribution in [1.29, 1.82) is 0 Å². The molecule has 1 aliphatic heterocycles. The molecule has 0 aliphatic carbocycles. The van der Waals surface area contributed by atoms with Gasteiger partial charge in [0.15, 0.2) is 0 Å². The predicted octanol–water partition coefficient (Wildman–Crippen LogP) is 1.97. The molecule has 1 fully saturated rings. The van der Waals surface area contributed by atoms with Gasteiger partial charge in [0.1, 0.15) is 12.3 Å². The van der Waals surface area contributed by atoms with E-state index in [4.69, 9.17) is 4.74 Å². The van der Waals surface area contributed by atoms with Crippen LogP contribution in [0.3, 0.4) is 0 Å². The van der Waals surface area contributed by atoms with E-state index < -0.39 is 29.7 Å². The van der Waals surface area contributed by atoms with Crippen molar-refractivity contribution in [2.24, 2.45) is 0 Å². The number of aliphatic hydroxyl groups excluding tert-OH is 2. The van der Waals surface area contributed by atoms with E-state index in [0.717, 1.165) is 22.5 Å². The van der Waals surface area contributed by atoms with Gasteiger partial charge in [0.2, 0.25) is 0 Å². The molecule has 1 aliphatic rings. The van der Waals surface area contributed by atoms with Crippen molar-refractivity contribution in [2.45, 2.75) is 24.9 Å². The highest BCUT2D eigenvalue weighted by molar-refractivity contribution is 5.70. The average Bonchev–Trinajstić information content (AvgIpc) is 3.25. The van der Waals surface area contributed by atoms with E-state index in [-0.39, 0.29) is 13.0 Å². The van der Waals surface area contributed by atoms with Crippen LogP contribution in [0.4, 0.5) is 0 Å². The second-order valence-corrected chi connectivity index (χ2v) is 8.05. The third-order valence-electron chi connectivity index (χ3n) is 5.88. The maximum absolute atomic E-state index is 12.5. The molecule has 0 amide bonds. The van der Waals surface area contributed by atoms with Crippen molar-refractivity contribution in [3.05, 3.63) is 94.0 Å². The Labute approximate surface area is 194 Å². The highest BCUT2D eigenvalue weighted by Crippen LogP contribution is 2.29. The van der Waals surface area contributed by atoms with E-state index >= 15 is 0 Å². The number of aliphatic hydroxyl groups is 2. The highest BCUT2D eigenvalue weighted by atomic mass is 16.5. The lowest BCUT2D eigenvalue weighted by atomic mass is 10.0. The summed E-state index contributed by atoms with van der Waals surface area (Å²) < 4.78 is 6.81. The monoisotopic (exact) mass is 458 g/mol. The SMILES string of the molecule is O=c1[nH]c(=O)n([C@H]2C[C@H](O)[C@@H](CO)O2)cc1-c1ccc(-c2ccc(-c3ccccn3)nc2)cc1. The Morgan fingerprint density at radius 1 is 0.971 bits per heavy atom. The third kappa shape index (κ3) is 4.19. The minimum absolute atomic E-state index is 0.136. The van der Waals surface area contributed by atoms with Crippen LogP contribution >= 0.6 is 0 Å². The first-order valence-electron chi connectivity index (χ1n) is 10.8. The lowest BCUT2D eigenvalue weighted by molar-refractivity contribution is -0.0458. The fourth-order valence-corrected chi connectivity index (χ4v) is 4.03. The van der Waals surface area contributed by atoms with Crippen LogP contribution in [0.2, 0.25) is 0 Å². The summed E-state index contributed by atoms with van der Waals surface area (Å²) in [6.07, 6.45) is 2.61. The molecule has 0 spiro atoms. The van der Waals surface area contributed by atoms with Crippen LogP contribution in [0, 0.1) is 0 Å². The molecule has 172 valence electrons. The summed E-state index contributed by atoms with van der Waals surface area (Å²) in [4.78, 5) is 36.0. The molecule has 1 aromatic carbocycles. The molecule has 0 radical (unpaired) electrons. The zero-order valence-corrected chi connectivity index (χ0v) is 18.0. The van der Waals surface area contributed by atoms with Crippen molar-refractivity contribution in [3.8, 4) is 33.6 Å². The van der Waals surface area contributed by atoms with Gasteiger partial charge in [-0.05, 0) is 29.3 Å². The molecule has 34 heavy (non-hydrogen) atoms. The summed E-state index contributed by atoms with van der Waals surface area (Å²) in [5.74, 6) is 0. The zero-order chi connectivity index (χ0) is 23.7. The van der Waals surface area contributed by atoms with Crippen LogP contribution in [0.25, 0.3) is 33.6 Å². The number of pyridine rings is 2. The van der Waals surface area contributed by atoms with Gasteiger partial charge in [-0.15, -0.1) is 0 Å². The van der Waals surface area contributed by atoms with E-state index in [1.54, 1.807) is 24.5 Å². The Balaban J connectivity index is 1.41. The quantitative estimate of drug-likeness (QED) is 0.417. The first kappa shape index (κ1) is 21.9. The van der Waals surface area contributed by atoms with Gasteiger partial charge in [0, 0.05) is 30.6 Å². The second-order valence-electron chi connectivity index (χ2n) is 8.05. The fraction of sp³-hybridized carbons (Fsp3) is 0.200. The average molecular weight is 458 g/mol. The third-order valence-corrected chi connectivity index (χ3v) is 5.88. The number of nitrogens with zero attached hydrogens (tertiary/aromatic N) is 3. The molecule has 3 N–H and O–H groups in total. The maximum atomic E-state index is 12.5. The van der Waals surface area contributed by atoms with E-state index in [1.165, 1.54) is 10.8 Å². The standard InChI is InChI=1S/C25H22N4O5/c30-14-22-21(31)11-23(34-22)29-13-18(24(32)28-25(29)33)16-6-4-15(5-7-16)17-8-9-20(27-12-17)19-3-1-2-10-26-19/h1-10,12-13,21-23,30-31H,11,14H2,(H,28,32,33)/t21-,22+,23+/m0/s1. The number of hydrogen-bond donors (Lipinski definition) is 3. The smallest absolute Gasteiger partial charge is 0.330 e. The van der Waals surface area contributed by atoms with Gasteiger partial charge in [-0.1, -0.05) is 36.4 Å². The topological polar surface area (TPSA) is 130 Å². The Morgan fingerprint density at radius 2 is 1.71 bits per heavy atom. The summed E-state index contributed by atoms with van der Waals surface area (Å²) >= 11 is 0. The molecule has 1 saturated heterocycles. The van der Waals surface area contributed by atoms with E-state index in [1.807, 2.05) is 42.5 Å². The molecule has 0 unspecified atom stereocenters. The Hall–Kier alpha value is -3.92. The van der Waals surface area contributed by atoms with Crippen LogP contribution in [0.15, 0.2) is 82.8 Å². The summed E-state index contributed by atoms with van der Waals surface area (Å²) in [5.41, 5.74) is 3.15. The molecule has 9 nitrogen and oxygen atoms in total. The Bertz CT molecular complexity index is 1400. The lowest BCUT2D eigenvalue weighted by Crippen LogP contribution is -2.33. The first-order valence-corrected chi connectivity index (χ1v) is 10.8. The molecule has 3 atom stereocenters. The zero-order valence-electron chi connectivity index (χ0n) is 18.0. The molecule has 5 rings (SSSR count). The van der Waals surface area contributed by atoms with Gasteiger partial charge < -0.3 is 14.9 Å². The number of rotatable bonds is 5. The van der Waals surface area contributed by atoms with Gasteiger partial charge in [0.05, 0.1) is 29.7 Å². The molecular formula is C25H22N4O5. The molecule has 3 aromatic heterocycles. The van der Waals surface area contributed by atoms with Crippen LogP contribution in [0.5, 0.6) is 0 Å². The van der Waals surface area contributed by atoms with Crippen LogP contribution in [0.1, 0.15) is 12.6 Å². The minimum Gasteiger partial charge on any atom is -0.394 e. The molecule has 0 bridgehead atoms. The van der Waals surface area contributed by atoms with Crippen LogP contribution < -0.4 is 11.2 Å². The van der Waals surface area contributed by atoms with Crippen molar-refractivity contribution in [3.63, 3.8) is 0 Å². The fourth-order valence-electron chi connectivity index (χ4n) is 4.03. The first-order chi connectivity index (χ1) is 16.5. The number of H-pyrrole nitrogens is 1. The van der Waals surface area contributed by atoms with Gasteiger partial charge in [0.25, 0.3) is 5.56 Å². The maximum Gasteiger partial charge on any atom is 0.330 e. The number of aromatic nitrogens is 4.